The molecule has 3 unspecified atom stereocenters. The molecule has 0 saturated carbocycles. The second kappa shape index (κ2) is 7.25. The third-order valence-corrected chi connectivity index (χ3v) is 3.80. The van der Waals surface area contributed by atoms with Crippen LogP contribution in [0.1, 0.15) is 33.1 Å². The van der Waals surface area contributed by atoms with Crippen LogP contribution in [-0.2, 0) is 4.74 Å². The average molecular weight is 228 g/mol. The van der Waals surface area contributed by atoms with Crippen LogP contribution in [0.5, 0.6) is 0 Å². The van der Waals surface area contributed by atoms with Crippen molar-refractivity contribution in [3.8, 4) is 0 Å². The van der Waals surface area contributed by atoms with Gasteiger partial charge in [0.05, 0.1) is 6.10 Å². The molecule has 0 bridgehead atoms. The van der Waals surface area contributed by atoms with Crippen molar-refractivity contribution in [1.29, 1.82) is 0 Å². The monoisotopic (exact) mass is 228 g/mol. The summed E-state index contributed by atoms with van der Waals surface area (Å²) < 4.78 is 5.58. The predicted octanol–water partition coefficient (Wildman–Crippen LogP) is 1.73. The number of nitrogens with one attached hydrogen (secondary N) is 1. The third kappa shape index (κ3) is 3.72. The second-order valence-corrected chi connectivity index (χ2v) is 5.04. The molecule has 1 aliphatic rings. The van der Waals surface area contributed by atoms with Crippen LogP contribution >= 0.6 is 0 Å². The van der Waals surface area contributed by atoms with E-state index in [0.29, 0.717) is 18.1 Å². The molecule has 1 saturated heterocycles. The maximum absolute atomic E-state index is 5.58. The number of likely N-dealkylation sites (tertiary alicyclic amines) is 1. The van der Waals surface area contributed by atoms with Crippen molar-refractivity contribution >= 4 is 0 Å². The van der Waals surface area contributed by atoms with Gasteiger partial charge in [-0.1, -0.05) is 20.3 Å². The number of rotatable bonds is 6. The average Bonchev–Trinajstić information content (AvgIpc) is 2.29. The normalized spacial score (nSPS) is 29.2. The highest BCUT2D eigenvalue weighted by molar-refractivity contribution is 4.83. The largest absolute Gasteiger partial charge is 0.380 e. The van der Waals surface area contributed by atoms with Gasteiger partial charge in [0.2, 0.25) is 0 Å². The summed E-state index contributed by atoms with van der Waals surface area (Å²) in [6.07, 6.45) is 4.23. The molecule has 16 heavy (non-hydrogen) atoms. The number of likely N-dealkylation sites (N-methyl/N-ethyl adjacent to an activating group) is 1. The highest BCUT2D eigenvalue weighted by Crippen LogP contribution is 2.22. The molecule has 1 heterocycles. The summed E-state index contributed by atoms with van der Waals surface area (Å²) in [5.74, 6) is 0.707. The molecule has 0 aromatic carbocycles. The summed E-state index contributed by atoms with van der Waals surface area (Å²) in [5.41, 5.74) is 0. The fourth-order valence-corrected chi connectivity index (χ4v) is 2.68. The van der Waals surface area contributed by atoms with Gasteiger partial charge < -0.3 is 10.1 Å². The first kappa shape index (κ1) is 13.9. The summed E-state index contributed by atoms with van der Waals surface area (Å²) in [6.45, 7) is 8.00. The fourth-order valence-electron chi connectivity index (χ4n) is 2.68. The Hall–Kier alpha value is -0.120. The minimum atomic E-state index is 0.421. The lowest BCUT2D eigenvalue weighted by atomic mass is 9.94. The van der Waals surface area contributed by atoms with Gasteiger partial charge in [0.1, 0.15) is 0 Å². The molecule has 1 fully saturated rings. The van der Waals surface area contributed by atoms with E-state index in [-0.39, 0.29) is 0 Å². The van der Waals surface area contributed by atoms with Gasteiger partial charge >= 0.3 is 0 Å². The van der Waals surface area contributed by atoms with Gasteiger partial charge in [-0.05, 0) is 32.4 Å². The van der Waals surface area contributed by atoms with Crippen LogP contribution in [0.15, 0.2) is 0 Å². The topological polar surface area (TPSA) is 24.5 Å². The maximum atomic E-state index is 5.58. The van der Waals surface area contributed by atoms with Gasteiger partial charge in [0.25, 0.3) is 0 Å². The number of hydrogen-bond acceptors (Lipinski definition) is 3. The number of methoxy groups -OCH3 is 1. The zero-order chi connectivity index (χ0) is 12.0. The SMILES string of the molecule is CCCC(CNC)N1CCC(C)C(OC)C1. The lowest BCUT2D eigenvalue weighted by molar-refractivity contribution is -0.0198. The molecule has 1 N–H and O–H groups in total. The van der Waals surface area contributed by atoms with Crippen molar-refractivity contribution in [2.24, 2.45) is 5.92 Å². The first-order valence-electron chi connectivity index (χ1n) is 6.64. The Balaban J connectivity index is 2.50. The van der Waals surface area contributed by atoms with E-state index in [1.807, 2.05) is 14.2 Å². The summed E-state index contributed by atoms with van der Waals surface area (Å²) >= 11 is 0. The Morgan fingerprint density at radius 2 is 2.25 bits per heavy atom. The molecule has 1 aliphatic heterocycles. The molecule has 3 atom stereocenters. The Kier molecular flexibility index (Phi) is 6.32. The van der Waals surface area contributed by atoms with E-state index in [4.69, 9.17) is 4.74 Å². The molecule has 0 spiro atoms. The van der Waals surface area contributed by atoms with Crippen molar-refractivity contribution in [2.45, 2.75) is 45.3 Å². The molecule has 3 heteroatoms. The second-order valence-electron chi connectivity index (χ2n) is 5.04. The van der Waals surface area contributed by atoms with Gasteiger partial charge in [-0.3, -0.25) is 4.90 Å². The van der Waals surface area contributed by atoms with Crippen molar-refractivity contribution < 1.29 is 4.74 Å². The zero-order valence-corrected chi connectivity index (χ0v) is 11.3. The van der Waals surface area contributed by atoms with Crippen LogP contribution in [0.3, 0.4) is 0 Å². The molecule has 96 valence electrons. The standard InChI is InChI=1S/C13H28N2O/c1-5-6-12(9-14-3)15-8-7-11(2)13(10-15)16-4/h11-14H,5-10H2,1-4H3. The van der Waals surface area contributed by atoms with Gasteiger partial charge in [-0.25, -0.2) is 0 Å². The van der Waals surface area contributed by atoms with Crippen LogP contribution in [0.25, 0.3) is 0 Å². The molecule has 1 rings (SSSR count). The van der Waals surface area contributed by atoms with Crippen LogP contribution in [0.2, 0.25) is 0 Å². The smallest absolute Gasteiger partial charge is 0.0724 e. The van der Waals surface area contributed by atoms with Crippen LogP contribution in [-0.4, -0.2) is 50.8 Å². The van der Waals surface area contributed by atoms with Crippen molar-refractivity contribution in [3.05, 3.63) is 0 Å². The van der Waals surface area contributed by atoms with Crippen LogP contribution in [0, 0.1) is 5.92 Å². The van der Waals surface area contributed by atoms with E-state index in [0.717, 1.165) is 13.1 Å². The molecular formula is C13H28N2O. The number of hydrogen-bond donors (Lipinski definition) is 1. The summed E-state index contributed by atoms with van der Waals surface area (Å²) in [6, 6.07) is 0.681. The Bertz CT molecular complexity index is 181. The highest BCUT2D eigenvalue weighted by Gasteiger charge is 2.29. The molecule has 0 aromatic heterocycles. The fraction of sp³-hybridized carbons (Fsp3) is 1.00. The number of ether oxygens (including phenoxy) is 1. The highest BCUT2D eigenvalue weighted by atomic mass is 16.5. The zero-order valence-electron chi connectivity index (χ0n) is 11.3. The lowest BCUT2D eigenvalue weighted by Gasteiger charge is -2.40. The molecule has 3 nitrogen and oxygen atoms in total. The summed E-state index contributed by atoms with van der Waals surface area (Å²) in [7, 11) is 3.89. The van der Waals surface area contributed by atoms with E-state index < -0.39 is 0 Å². The van der Waals surface area contributed by atoms with Crippen molar-refractivity contribution in [1.82, 2.24) is 10.2 Å². The minimum Gasteiger partial charge on any atom is -0.380 e. The van der Waals surface area contributed by atoms with Crippen molar-refractivity contribution in [2.75, 3.05) is 33.8 Å². The Morgan fingerprint density at radius 3 is 2.81 bits per heavy atom. The van der Waals surface area contributed by atoms with Gasteiger partial charge in [-0.2, -0.15) is 0 Å². The predicted molar refractivity (Wildman–Crippen MR) is 68.8 cm³/mol. The summed E-state index contributed by atoms with van der Waals surface area (Å²) in [5, 5.41) is 3.31. The van der Waals surface area contributed by atoms with E-state index in [1.54, 1.807) is 0 Å². The third-order valence-electron chi connectivity index (χ3n) is 3.80. The lowest BCUT2D eigenvalue weighted by Crippen LogP contribution is -2.51. The minimum absolute atomic E-state index is 0.421. The molecule has 0 amide bonds. The van der Waals surface area contributed by atoms with E-state index in [1.165, 1.54) is 25.8 Å². The molecule has 0 aliphatic carbocycles. The van der Waals surface area contributed by atoms with E-state index in [2.05, 4.69) is 24.1 Å². The van der Waals surface area contributed by atoms with E-state index in [9.17, 15) is 0 Å². The quantitative estimate of drug-likeness (QED) is 0.749. The van der Waals surface area contributed by atoms with Crippen molar-refractivity contribution in [3.63, 3.8) is 0 Å². The van der Waals surface area contributed by atoms with Gasteiger partial charge in [0.15, 0.2) is 0 Å². The summed E-state index contributed by atoms with van der Waals surface area (Å²) in [4.78, 5) is 2.61. The van der Waals surface area contributed by atoms with Gasteiger partial charge in [0, 0.05) is 26.2 Å². The number of piperidine rings is 1. The number of nitrogens with zero attached hydrogens (tertiary/aromatic N) is 1. The van der Waals surface area contributed by atoms with Crippen LogP contribution < -0.4 is 5.32 Å². The van der Waals surface area contributed by atoms with Crippen LogP contribution in [0.4, 0.5) is 0 Å². The van der Waals surface area contributed by atoms with Gasteiger partial charge in [-0.15, -0.1) is 0 Å². The van der Waals surface area contributed by atoms with E-state index >= 15 is 0 Å². The first-order chi connectivity index (χ1) is 7.72. The molecule has 0 radical (unpaired) electrons. The molecule has 0 aromatic rings. The maximum Gasteiger partial charge on any atom is 0.0724 e. The Morgan fingerprint density at radius 1 is 1.50 bits per heavy atom. The first-order valence-corrected chi connectivity index (χ1v) is 6.64. The molecular weight excluding hydrogens is 200 g/mol. The Labute approximate surface area is 101 Å².